The lowest BCUT2D eigenvalue weighted by Gasteiger charge is -2.22. The van der Waals surface area contributed by atoms with Crippen molar-refractivity contribution in [1.82, 2.24) is 0 Å². The van der Waals surface area contributed by atoms with Crippen LogP contribution in [-0.4, -0.2) is 31.8 Å². The molecule has 6 nitrogen and oxygen atoms in total. The number of aryl methyl sites for hydroxylation is 2. The lowest BCUT2D eigenvalue weighted by molar-refractivity contribution is 0.102. The number of sulfonamides is 1. The fourth-order valence-corrected chi connectivity index (χ4v) is 6.02. The van der Waals surface area contributed by atoms with Crippen LogP contribution in [0, 0.1) is 0 Å². The van der Waals surface area contributed by atoms with Crippen molar-refractivity contribution in [2.24, 2.45) is 4.40 Å². The van der Waals surface area contributed by atoms with Crippen molar-refractivity contribution in [3.63, 3.8) is 0 Å². The van der Waals surface area contributed by atoms with E-state index in [1.165, 1.54) is 29.3 Å². The third kappa shape index (κ3) is 3.02. The molecular weight excluding hydrogens is 382 g/mol. The monoisotopic (exact) mass is 399 g/mol. The van der Waals surface area contributed by atoms with Gasteiger partial charge in [-0.25, -0.2) is 8.42 Å². The average molecular weight is 399 g/mol. The van der Waals surface area contributed by atoms with Crippen molar-refractivity contribution >= 4 is 44.2 Å². The number of nitrogens with zero attached hydrogens (tertiary/aromatic N) is 2. The van der Waals surface area contributed by atoms with E-state index in [2.05, 4.69) is 21.8 Å². The molecule has 27 heavy (non-hydrogen) atoms. The van der Waals surface area contributed by atoms with Crippen molar-refractivity contribution in [3.05, 3.63) is 53.1 Å². The SMILES string of the molecule is O=C(Nc1ccc2c(c1)CCC2)c1ccc2c(c1)SC1=NS(=O)(=O)CCN12. The molecule has 2 heterocycles. The number of carbonyl (C=O) groups excluding carboxylic acids is 1. The topological polar surface area (TPSA) is 78.8 Å². The molecule has 1 N–H and O–H groups in total. The van der Waals surface area contributed by atoms with E-state index in [4.69, 9.17) is 0 Å². The Bertz CT molecular complexity index is 1110. The van der Waals surface area contributed by atoms with Gasteiger partial charge in [0.15, 0.2) is 5.17 Å². The van der Waals surface area contributed by atoms with Gasteiger partial charge in [0.1, 0.15) is 0 Å². The van der Waals surface area contributed by atoms with Crippen molar-refractivity contribution in [1.29, 1.82) is 0 Å². The standard InChI is InChI=1S/C19H17N3O3S2/c23-18(20-15-6-4-12-2-1-3-13(12)10-15)14-5-7-16-17(11-14)26-19-21-27(24,25)9-8-22(16)19/h4-7,10-11H,1-3,8-9H2,(H,20,23). The number of hydrogen-bond donors (Lipinski definition) is 1. The minimum Gasteiger partial charge on any atom is -0.322 e. The Morgan fingerprint density at radius 2 is 1.96 bits per heavy atom. The first kappa shape index (κ1) is 16.8. The largest absolute Gasteiger partial charge is 0.322 e. The van der Waals surface area contributed by atoms with Crippen LogP contribution in [0.15, 0.2) is 45.7 Å². The van der Waals surface area contributed by atoms with Crippen molar-refractivity contribution in [2.75, 3.05) is 22.5 Å². The highest BCUT2D eigenvalue weighted by Gasteiger charge is 2.33. The third-order valence-electron chi connectivity index (χ3n) is 5.09. The minimum absolute atomic E-state index is 0.0110. The van der Waals surface area contributed by atoms with Crippen LogP contribution < -0.4 is 10.2 Å². The van der Waals surface area contributed by atoms with Crippen LogP contribution in [0.3, 0.4) is 0 Å². The molecular formula is C19H17N3O3S2. The second-order valence-electron chi connectivity index (χ2n) is 6.89. The van der Waals surface area contributed by atoms with E-state index in [0.29, 0.717) is 17.3 Å². The van der Waals surface area contributed by atoms with E-state index in [-0.39, 0.29) is 11.7 Å². The Morgan fingerprint density at radius 1 is 1.11 bits per heavy atom. The number of anilines is 2. The normalized spacial score (nSPS) is 19.1. The highest BCUT2D eigenvalue weighted by Crippen LogP contribution is 2.42. The lowest BCUT2D eigenvalue weighted by atomic mass is 10.1. The molecule has 2 aliphatic heterocycles. The molecule has 1 amide bonds. The van der Waals surface area contributed by atoms with E-state index < -0.39 is 10.0 Å². The zero-order chi connectivity index (χ0) is 18.6. The van der Waals surface area contributed by atoms with Gasteiger partial charge in [-0.15, -0.1) is 4.40 Å². The number of amides is 1. The summed E-state index contributed by atoms with van der Waals surface area (Å²) < 4.78 is 27.3. The van der Waals surface area contributed by atoms with E-state index >= 15 is 0 Å². The number of thioether (sulfide) groups is 1. The van der Waals surface area contributed by atoms with Crippen molar-refractivity contribution in [3.8, 4) is 0 Å². The van der Waals surface area contributed by atoms with Gasteiger partial charge in [-0.1, -0.05) is 6.07 Å². The smallest absolute Gasteiger partial charge is 0.257 e. The van der Waals surface area contributed by atoms with Gasteiger partial charge in [0.25, 0.3) is 15.9 Å². The van der Waals surface area contributed by atoms with Crippen LogP contribution in [0.4, 0.5) is 11.4 Å². The van der Waals surface area contributed by atoms with Crippen LogP contribution in [-0.2, 0) is 22.9 Å². The fourth-order valence-electron chi connectivity index (χ4n) is 3.72. The lowest BCUT2D eigenvalue weighted by Crippen LogP contribution is -2.35. The molecule has 0 radical (unpaired) electrons. The maximum absolute atomic E-state index is 12.7. The van der Waals surface area contributed by atoms with E-state index in [0.717, 1.165) is 29.1 Å². The molecule has 0 bridgehead atoms. The molecule has 8 heteroatoms. The number of carbonyl (C=O) groups is 1. The first-order valence-electron chi connectivity index (χ1n) is 8.84. The zero-order valence-electron chi connectivity index (χ0n) is 14.4. The van der Waals surface area contributed by atoms with Gasteiger partial charge in [-0.2, -0.15) is 0 Å². The van der Waals surface area contributed by atoms with E-state index in [1.807, 2.05) is 17.0 Å². The highest BCUT2D eigenvalue weighted by atomic mass is 32.2. The Labute approximate surface area is 161 Å². The van der Waals surface area contributed by atoms with Crippen molar-refractivity contribution in [2.45, 2.75) is 24.2 Å². The van der Waals surface area contributed by atoms with Crippen molar-refractivity contribution < 1.29 is 13.2 Å². The third-order valence-corrected chi connectivity index (χ3v) is 7.40. The number of benzene rings is 2. The van der Waals surface area contributed by atoms with Gasteiger partial charge < -0.3 is 10.2 Å². The summed E-state index contributed by atoms with van der Waals surface area (Å²) in [6, 6.07) is 11.5. The van der Waals surface area contributed by atoms with Gasteiger partial charge in [-0.05, 0) is 72.5 Å². The highest BCUT2D eigenvalue weighted by molar-refractivity contribution is 8.15. The first-order valence-corrected chi connectivity index (χ1v) is 11.3. The van der Waals surface area contributed by atoms with E-state index in [1.54, 1.807) is 12.1 Å². The molecule has 2 aromatic carbocycles. The predicted molar refractivity (Wildman–Crippen MR) is 107 cm³/mol. The molecule has 0 spiro atoms. The Morgan fingerprint density at radius 3 is 2.85 bits per heavy atom. The second kappa shape index (κ2) is 6.10. The van der Waals surface area contributed by atoms with Crippen LogP contribution in [0.25, 0.3) is 0 Å². The molecule has 0 atom stereocenters. The summed E-state index contributed by atoms with van der Waals surface area (Å²) >= 11 is 1.29. The van der Waals surface area contributed by atoms with Crippen LogP contribution in [0.5, 0.6) is 0 Å². The summed E-state index contributed by atoms with van der Waals surface area (Å²) in [4.78, 5) is 15.4. The number of amidine groups is 1. The maximum Gasteiger partial charge on any atom is 0.257 e. The molecule has 0 saturated heterocycles. The number of fused-ring (bicyclic) bond motifs is 4. The Balaban J connectivity index is 1.39. The number of rotatable bonds is 2. The summed E-state index contributed by atoms with van der Waals surface area (Å²) in [6.45, 7) is 0.391. The molecule has 5 rings (SSSR count). The maximum atomic E-state index is 12.7. The molecule has 0 saturated carbocycles. The summed E-state index contributed by atoms with van der Waals surface area (Å²) in [5, 5.41) is 3.43. The molecule has 3 aliphatic rings. The number of nitrogens with one attached hydrogen (secondary N) is 1. The summed E-state index contributed by atoms with van der Waals surface area (Å²) in [5.74, 6) is -0.160. The molecule has 1 aliphatic carbocycles. The molecule has 138 valence electrons. The predicted octanol–water partition coefficient (Wildman–Crippen LogP) is 3.04. The van der Waals surface area contributed by atoms with Gasteiger partial charge in [0, 0.05) is 22.7 Å². The summed E-state index contributed by atoms with van der Waals surface area (Å²) in [6.07, 6.45) is 3.35. The van der Waals surface area contributed by atoms with E-state index in [9.17, 15) is 13.2 Å². The molecule has 2 aromatic rings. The van der Waals surface area contributed by atoms with Gasteiger partial charge >= 0.3 is 0 Å². The van der Waals surface area contributed by atoms with Crippen LogP contribution >= 0.6 is 11.8 Å². The van der Waals surface area contributed by atoms with Crippen LogP contribution in [0.1, 0.15) is 27.9 Å². The number of hydrogen-bond acceptors (Lipinski definition) is 5. The molecule has 0 aromatic heterocycles. The Kier molecular flexibility index (Phi) is 3.80. The first-order chi connectivity index (χ1) is 13.0. The zero-order valence-corrected chi connectivity index (χ0v) is 16.1. The average Bonchev–Trinajstić information content (AvgIpc) is 3.22. The minimum atomic E-state index is -3.38. The van der Waals surface area contributed by atoms with Crippen LogP contribution in [0.2, 0.25) is 0 Å². The quantitative estimate of drug-likeness (QED) is 0.840. The second-order valence-corrected chi connectivity index (χ2v) is 9.65. The summed E-state index contributed by atoms with van der Waals surface area (Å²) in [5.41, 5.74) is 4.94. The van der Waals surface area contributed by atoms with Gasteiger partial charge in [0.05, 0.1) is 11.4 Å². The van der Waals surface area contributed by atoms with Gasteiger partial charge in [0.2, 0.25) is 0 Å². The fraction of sp³-hybridized carbons (Fsp3) is 0.263. The van der Waals surface area contributed by atoms with Gasteiger partial charge in [-0.3, -0.25) is 4.79 Å². The molecule has 0 fully saturated rings. The Hall–Kier alpha value is -2.32. The summed E-state index contributed by atoms with van der Waals surface area (Å²) in [7, 11) is -3.38. The molecule has 0 unspecified atom stereocenters.